The van der Waals surface area contributed by atoms with Crippen molar-refractivity contribution in [3.8, 4) is 0 Å². The molecular weight excluding hydrogens is 224 g/mol. The molecule has 1 saturated carbocycles. The quantitative estimate of drug-likeness (QED) is 0.789. The number of hydrogen-bond donors (Lipinski definition) is 2. The van der Waals surface area contributed by atoms with E-state index in [0.717, 1.165) is 31.8 Å². The molecule has 0 aromatic carbocycles. The van der Waals surface area contributed by atoms with E-state index in [-0.39, 0.29) is 5.91 Å². The van der Waals surface area contributed by atoms with E-state index in [2.05, 4.69) is 17.6 Å². The summed E-state index contributed by atoms with van der Waals surface area (Å²) in [5.74, 6) is 1.71. The van der Waals surface area contributed by atoms with Crippen molar-refractivity contribution in [2.45, 2.75) is 64.3 Å². The number of rotatable bonds is 5. The van der Waals surface area contributed by atoms with Gasteiger partial charge >= 0.3 is 0 Å². The van der Waals surface area contributed by atoms with Crippen molar-refractivity contribution in [1.29, 1.82) is 0 Å². The Kier molecular flexibility index (Phi) is 5.48. The van der Waals surface area contributed by atoms with Gasteiger partial charge in [-0.1, -0.05) is 32.1 Å². The zero-order valence-corrected chi connectivity index (χ0v) is 11.7. The first-order valence-electron chi connectivity index (χ1n) is 7.76. The van der Waals surface area contributed by atoms with Crippen molar-refractivity contribution < 1.29 is 4.79 Å². The fraction of sp³-hybridized carbons (Fsp3) is 0.933. The second-order valence-electron chi connectivity index (χ2n) is 6.15. The van der Waals surface area contributed by atoms with Crippen molar-refractivity contribution in [3.05, 3.63) is 0 Å². The molecule has 1 saturated heterocycles. The minimum atomic E-state index is 0.264. The lowest BCUT2D eigenvalue weighted by atomic mass is 9.86. The molecule has 18 heavy (non-hydrogen) atoms. The molecule has 2 atom stereocenters. The van der Waals surface area contributed by atoms with Gasteiger partial charge in [-0.3, -0.25) is 4.79 Å². The monoisotopic (exact) mass is 252 g/mol. The van der Waals surface area contributed by atoms with E-state index < -0.39 is 0 Å². The number of nitrogens with one attached hydrogen (secondary N) is 2. The average molecular weight is 252 g/mol. The first-order valence-corrected chi connectivity index (χ1v) is 7.76. The Balaban J connectivity index is 1.61. The van der Waals surface area contributed by atoms with Crippen molar-refractivity contribution in [2.75, 3.05) is 13.1 Å². The van der Waals surface area contributed by atoms with Crippen LogP contribution in [0.2, 0.25) is 0 Å². The summed E-state index contributed by atoms with van der Waals surface area (Å²) in [7, 11) is 0. The summed E-state index contributed by atoms with van der Waals surface area (Å²) in [4.78, 5) is 11.9. The third kappa shape index (κ3) is 4.27. The van der Waals surface area contributed by atoms with Crippen molar-refractivity contribution >= 4 is 5.91 Å². The summed E-state index contributed by atoms with van der Waals surface area (Å²) in [5.41, 5.74) is 0. The maximum atomic E-state index is 11.9. The minimum Gasteiger partial charge on any atom is -0.353 e. The van der Waals surface area contributed by atoms with Gasteiger partial charge in [-0.2, -0.15) is 0 Å². The van der Waals surface area contributed by atoms with Gasteiger partial charge in [0.25, 0.3) is 0 Å². The van der Waals surface area contributed by atoms with E-state index in [1.165, 1.54) is 38.5 Å². The molecule has 3 heteroatoms. The van der Waals surface area contributed by atoms with Crippen LogP contribution in [-0.4, -0.2) is 25.0 Å². The highest BCUT2D eigenvalue weighted by molar-refractivity contribution is 5.76. The van der Waals surface area contributed by atoms with Crippen LogP contribution in [-0.2, 0) is 4.79 Å². The summed E-state index contributed by atoms with van der Waals surface area (Å²) in [5, 5.41) is 6.54. The number of hydrogen-bond acceptors (Lipinski definition) is 2. The fourth-order valence-electron chi connectivity index (χ4n) is 3.36. The van der Waals surface area contributed by atoms with E-state index in [0.29, 0.717) is 12.0 Å². The highest BCUT2D eigenvalue weighted by Gasteiger charge is 2.22. The third-order valence-corrected chi connectivity index (χ3v) is 4.70. The minimum absolute atomic E-state index is 0.264. The van der Waals surface area contributed by atoms with E-state index in [4.69, 9.17) is 0 Å². The molecule has 1 aliphatic carbocycles. The lowest BCUT2D eigenvalue weighted by molar-refractivity contribution is -0.122. The third-order valence-electron chi connectivity index (χ3n) is 4.70. The smallest absolute Gasteiger partial charge is 0.220 e. The van der Waals surface area contributed by atoms with Crippen LogP contribution in [0.5, 0.6) is 0 Å². The van der Waals surface area contributed by atoms with E-state index in [1.54, 1.807) is 0 Å². The van der Waals surface area contributed by atoms with Gasteiger partial charge in [0.1, 0.15) is 0 Å². The predicted octanol–water partition coefficient (Wildman–Crippen LogP) is 2.46. The van der Waals surface area contributed by atoms with Crippen LogP contribution in [0.3, 0.4) is 0 Å². The van der Waals surface area contributed by atoms with Crippen LogP contribution >= 0.6 is 0 Å². The Morgan fingerprint density at radius 3 is 2.72 bits per heavy atom. The van der Waals surface area contributed by atoms with Gasteiger partial charge in [0.2, 0.25) is 5.91 Å². The molecule has 0 spiro atoms. The fourth-order valence-corrected chi connectivity index (χ4v) is 3.36. The molecule has 104 valence electrons. The van der Waals surface area contributed by atoms with Crippen LogP contribution in [0.4, 0.5) is 0 Å². The molecule has 3 nitrogen and oxygen atoms in total. The summed E-state index contributed by atoms with van der Waals surface area (Å²) >= 11 is 0. The Morgan fingerprint density at radius 1 is 1.28 bits per heavy atom. The Hall–Kier alpha value is -0.570. The van der Waals surface area contributed by atoms with E-state index in [9.17, 15) is 4.79 Å². The normalized spacial score (nSPS) is 27.1. The van der Waals surface area contributed by atoms with Crippen LogP contribution < -0.4 is 10.6 Å². The van der Waals surface area contributed by atoms with Crippen molar-refractivity contribution in [2.24, 2.45) is 11.8 Å². The second kappa shape index (κ2) is 7.13. The Bertz CT molecular complexity index is 255. The molecular formula is C15H28N2O. The topological polar surface area (TPSA) is 41.1 Å². The first-order chi connectivity index (χ1) is 8.75. The highest BCUT2D eigenvalue weighted by Crippen LogP contribution is 2.27. The Labute approximate surface area is 111 Å². The number of amides is 1. The Morgan fingerprint density at radius 2 is 2.06 bits per heavy atom. The molecule has 2 fully saturated rings. The van der Waals surface area contributed by atoms with Gasteiger partial charge in [0.05, 0.1) is 0 Å². The molecule has 1 aliphatic heterocycles. The van der Waals surface area contributed by atoms with Gasteiger partial charge < -0.3 is 10.6 Å². The molecule has 0 aromatic rings. The van der Waals surface area contributed by atoms with E-state index >= 15 is 0 Å². The van der Waals surface area contributed by atoms with Gasteiger partial charge in [-0.15, -0.1) is 0 Å². The largest absolute Gasteiger partial charge is 0.353 e. The summed E-state index contributed by atoms with van der Waals surface area (Å²) in [6.07, 6.45) is 9.85. The molecule has 1 heterocycles. The standard InChI is InChI=1S/C15H28N2O/c1-12(14-9-10-16-11-14)17-15(18)8-7-13-5-3-2-4-6-13/h12-14,16H,2-11H2,1H3,(H,17,18). The molecule has 2 unspecified atom stereocenters. The van der Waals surface area contributed by atoms with Crippen molar-refractivity contribution in [3.63, 3.8) is 0 Å². The zero-order valence-electron chi connectivity index (χ0n) is 11.7. The van der Waals surface area contributed by atoms with Crippen LogP contribution in [0, 0.1) is 11.8 Å². The molecule has 0 radical (unpaired) electrons. The maximum Gasteiger partial charge on any atom is 0.220 e. The van der Waals surface area contributed by atoms with Crippen LogP contribution in [0.25, 0.3) is 0 Å². The molecule has 0 aromatic heterocycles. The molecule has 2 aliphatic rings. The summed E-state index contributed by atoms with van der Waals surface area (Å²) in [6.45, 7) is 4.31. The second-order valence-corrected chi connectivity index (χ2v) is 6.15. The van der Waals surface area contributed by atoms with Gasteiger partial charge in [0, 0.05) is 12.5 Å². The first kappa shape index (κ1) is 13.9. The molecule has 2 N–H and O–H groups in total. The molecule has 2 rings (SSSR count). The lowest BCUT2D eigenvalue weighted by Gasteiger charge is -2.23. The molecule has 0 bridgehead atoms. The maximum absolute atomic E-state index is 11.9. The SMILES string of the molecule is CC(NC(=O)CCC1CCCCC1)C1CCNC1. The van der Waals surface area contributed by atoms with E-state index in [1.807, 2.05) is 0 Å². The summed E-state index contributed by atoms with van der Waals surface area (Å²) < 4.78 is 0. The summed E-state index contributed by atoms with van der Waals surface area (Å²) in [6, 6.07) is 0.332. The van der Waals surface area contributed by atoms with Crippen LogP contribution in [0.15, 0.2) is 0 Å². The predicted molar refractivity (Wildman–Crippen MR) is 74.4 cm³/mol. The lowest BCUT2D eigenvalue weighted by Crippen LogP contribution is -2.39. The van der Waals surface area contributed by atoms with Crippen LogP contribution in [0.1, 0.15) is 58.3 Å². The number of carbonyl (C=O) groups excluding carboxylic acids is 1. The van der Waals surface area contributed by atoms with Gasteiger partial charge in [0.15, 0.2) is 0 Å². The zero-order chi connectivity index (χ0) is 12.8. The van der Waals surface area contributed by atoms with Gasteiger partial charge in [-0.05, 0) is 44.7 Å². The molecule has 1 amide bonds. The van der Waals surface area contributed by atoms with Gasteiger partial charge in [-0.25, -0.2) is 0 Å². The number of carbonyl (C=O) groups is 1. The average Bonchev–Trinajstić information content (AvgIpc) is 2.91. The highest BCUT2D eigenvalue weighted by atomic mass is 16.1. The van der Waals surface area contributed by atoms with Crippen molar-refractivity contribution in [1.82, 2.24) is 10.6 Å².